The minimum absolute atomic E-state index is 0.275. The number of rotatable bonds is 3. The van der Waals surface area contributed by atoms with Gasteiger partial charge in [0.25, 0.3) is 0 Å². The van der Waals surface area contributed by atoms with Crippen LogP contribution in [0.1, 0.15) is 24.8 Å². The predicted molar refractivity (Wildman–Crippen MR) is 68.0 cm³/mol. The minimum atomic E-state index is -0.295. The van der Waals surface area contributed by atoms with Gasteiger partial charge < -0.3 is 15.5 Å². The van der Waals surface area contributed by atoms with Crippen molar-refractivity contribution < 1.29 is 10.2 Å². The molecule has 0 spiro atoms. The van der Waals surface area contributed by atoms with Crippen molar-refractivity contribution in [3.8, 4) is 5.75 Å². The number of aromatic hydroxyl groups is 1. The lowest BCUT2D eigenvalue weighted by molar-refractivity contribution is 0.100. The van der Waals surface area contributed by atoms with Crippen LogP contribution in [0.5, 0.6) is 5.75 Å². The highest BCUT2D eigenvalue weighted by atomic mass is 16.3. The van der Waals surface area contributed by atoms with Crippen LogP contribution in [0, 0.1) is 5.92 Å². The largest absolute Gasteiger partial charge is 0.508 e. The van der Waals surface area contributed by atoms with Crippen LogP contribution >= 0.6 is 0 Å². The summed E-state index contributed by atoms with van der Waals surface area (Å²) in [6, 6.07) is 7.17. The third-order valence-corrected chi connectivity index (χ3v) is 3.52. The van der Waals surface area contributed by atoms with Gasteiger partial charge in [0.05, 0.1) is 6.10 Å². The Labute approximate surface area is 102 Å². The Morgan fingerprint density at radius 2 is 2.18 bits per heavy atom. The average Bonchev–Trinajstić information content (AvgIpc) is 2.57. The van der Waals surface area contributed by atoms with Crippen molar-refractivity contribution in [2.45, 2.75) is 31.8 Å². The molecular formula is C14H21NO2. The molecule has 0 saturated carbocycles. The fourth-order valence-corrected chi connectivity index (χ4v) is 2.52. The molecule has 2 unspecified atom stereocenters. The number of nitrogens with one attached hydrogen (secondary N) is 1. The molecule has 0 amide bonds. The number of aliphatic hydroxyl groups is 1. The summed E-state index contributed by atoms with van der Waals surface area (Å²) in [5, 5.41) is 23.0. The molecule has 0 aromatic heterocycles. The SMILES string of the molecule is Oc1cccc(CC(O)C2CCCNCC2)c1. The topological polar surface area (TPSA) is 52.5 Å². The van der Waals surface area contributed by atoms with Crippen LogP contribution < -0.4 is 5.32 Å². The van der Waals surface area contributed by atoms with E-state index in [1.165, 1.54) is 0 Å². The number of hydrogen-bond donors (Lipinski definition) is 3. The second kappa shape index (κ2) is 6.03. The van der Waals surface area contributed by atoms with E-state index in [0.717, 1.165) is 37.9 Å². The standard InChI is InChI=1S/C14H21NO2/c16-13-5-1-3-11(9-13)10-14(17)12-4-2-7-15-8-6-12/h1,3,5,9,12,14-17H,2,4,6-8,10H2. The van der Waals surface area contributed by atoms with E-state index in [1.807, 2.05) is 12.1 Å². The summed E-state index contributed by atoms with van der Waals surface area (Å²) >= 11 is 0. The molecule has 1 fully saturated rings. The van der Waals surface area contributed by atoms with Crippen LogP contribution in [0.4, 0.5) is 0 Å². The molecule has 0 radical (unpaired) electrons. The molecule has 2 atom stereocenters. The first kappa shape index (κ1) is 12.4. The average molecular weight is 235 g/mol. The van der Waals surface area contributed by atoms with Crippen molar-refractivity contribution in [2.24, 2.45) is 5.92 Å². The molecule has 0 bridgehead atoms. The van der Waals surface area contributed by atoms with Crippen LogP contribution in [0.25, 0.3) is 0 Å². The van der Waals surface area contributed by atoms with Gasteiger partial charge in [0.1, 0.15) is 5.75 Å². The van der Waals surface area contributed by atoms with Crippen LogP contribution in [-0.4, -0.2) is 29.4 Å². The molecule has 3 nitrogen and oxygen atoms in total. The minimum Gasteiger partial charge on any atom is -0.508 e. The van der Waals surface area contributed by atoms with Crippen LogP contribution in [-0.2, 0) is 6.42 Å². The molecule has 1 aromatic carbocycles. The Bertz CT molecular complexity index is 346. The molecule has 2 rings (SSSR count). The Hall–Kier alpha value is -1.06. The van der Waals surface area contributed by atoms with E-state index in [9.17, 15) is 10.2 Å². The Balaban J connectivity index is 1.93. The maximum absolute atomic E-state index is 10.2. The summed E-state index contributed by atoms with van der Waals surface area (Å²) in [5.74, 6) is 0.657. The van der Waals surface area contributed by atoms with Crippen LogP contribution in [0.15, 0.2) is 24.3 Å². The summed E-state index contributed by atoms with van der Waals surface area (Å²) in [6.07, 6.45) is 3.62. The summed E-state index contributed by atoms with van der Waals surface area (Å²) in [5.41, 5.74) is 1.01. The van der Waals surface area contributed by atoms with Gasteiger partial charge in [0.2, 0.25) is 0 Å². The predicted octanol–water partition coefficient (Wildman–Crippen LogP) is 1.69. The summed E-state index contributed by atoms with van der Waals surface area (Å²) in [6.45, 7) is 2.07. The highest BCUT2D eigenvalue weighted by Gasteiger charge is 2.20. The molecule has 94 valence electrons. The van der Waals surface area contributed by atoms with Gasteiger partial charge in [-0.15, -0.1) is 0 Å². The first-order chi connectivity index (χ1) is 8.25. The van der Waals surface area contributed by atoms with Gasteiger partial charge in [-0.25, -0.2) is 0 Å². The summed E-state index contributed by atoms with van der Waals surface area (Å²) < 4.78 is 0. The normalized spacial score (nSPS) is 23.0. The molecule has 0 aliphatic carbocycles. The van der Waals surface area contributed by atoms with Crippen LogP contribution in [0.2, 0.25) is 0 Å². The maximum atomic E-state index is 10.2. The monoisotopic (exact) mass is 235 g/mol. The van der Waals surface area contributed by atoms with E-state index in [4.69, 9.17) is 0 Å². The van der Waals surface area contributed by atoms with Crippen molar-refractivity contribution in [3.05, 3.63) is 29.8 Å². The number of aliphatic hydroxyl groups excluding tert-OH is 1. The lowest BCUT2D eigenvalue weighted by Crippen LogP contribution is -2.24. The Kier molecular flexibility index (Phi) is 4.40. The third-order valence-electron chi connectivity index (χ3n) is 3.52. The molecule has 1 aromatic rings. The van der Waals surface area contributed by atoms with Crippen molar-refractivity contribution in [1.29, 1.82) is 0 Å². The number of hydrogen-bond acceptors (Lipinski definition) is 3. The molecule has 3 heteroatoms. The molecule has 1 saturated heterocycles. The van der Waals surface area contributed by atoms with E-state index in [1.54, 1.807) is 12.1 Å². The van der Waals surface area contributed by atoms with Gasteiger partial charge in [-0.3, -0.25) is 0 Å². The highest BCUT2D eigenvalue weighted by Crippen LogP contribution is 2.22. The fourth-order valence-electron chi connectivity index (χ4n) is 2.52. The van der Waals surface area contributed by atoms with E-state index >= 15 is 0 Å². The van der Waals surface area contributed by atoms with Crippen molar-refractivity contribution in [2.75, 3.05) is 13.1 Å². The zero-order valence-corrected chi connectivity index (χ0v) is 10.1. The van der Waals surface area contributed by atoms with Crippen molar-refractivity contribution in [3.63, 3.8) is 0 Å². The van der Waals surface area contributed by atoms with Gasteiger partial charge in [-0.2, -0.15) is 0 Å². The first-order valence-electron chi connectivity index (χ1n) is 6.42. The van der Waals surface area contributed by atoms with Crippen molar-refractivity contribution in [1.82, 2.24) is 5.32 Å². The lowest BCUT2D eigenvalue weighted by atomic mass is 9.90. The zero-order valence-electron chi connectivity index (χ0n) is 10.1. The molecule has 17 heavy (non-hydrogen) atoms. The number of benzene rings is 1. The van der Waals surface area contributed by atoms with Gasteiger partial charge in [0.15, 0.2) is 0 Å². The van der Waals surface area contributed by atoms with Gasteiger partial charge in [-0.05, 0) is 62.4 Å². The van der Waals surface area contributed by atoms with E-state index < -0.39 is 0 Å². The van der Waals surface area contributed by atoms with E-state index in [-0.39, 0.29) is 11.9 Å². The van der Waals surface area contributed by atoms with Crippen LogP contribution in [0.3, 0.4) is 0 Å². The molecule has 1 aliphatic heterocycles. The Morgan fingerprint density at radius 1 is 1.29 bits per heavy atom. The van der Waals surface area contributed by atoms with E-state index in [0.29, 0.717) is 12.3 Å². The molecule has 1 aliphatic rings. The molecule has 3 N–H and O–H groups in total. The summed E-state index contributed by atoms with van der Waals surface area (Å²) in [7, 11) is 0. The third kappa shape index (κ3) is 3.72. The van der Waals surface area contributed by atoms with E-state index in [2.05, 4.69) is 5.32 Å². The Morgan fingerprint density at radius 3 is 3.00 bits per heavy atom. The lowest BCUT2D eigenvalue weighted by Gasteiger charge is -2.21. The van der Waals surface area contributed by atoms with Gasteiger partial charge in [-0.1, -0.05) is 12.1 Å². The molecule has 1 heterocycles. The second-order valence-electron chi connectivity index (χ2n) is 4.88. The van der Waals surface area contributed by atoms with Gasteiger partial charge in [0, 0.05) is 0 Å². The van der Waals surface area contributed by atoms with Gasteiger partial charge >= 0.3 is 0 Å². The smallest absolute Gasteiger partial charge is 0.115 e. The highest BCUT2D eigenvalue weighted by molar-refractivity contribution is 5.27. The summed E-state index contributed by atoms with van der Waals surface area (Å²) in [4.78, 5) is 0. The second-order valence-corrected chi connectivity index (χ2v) is 4.88. The van der Waals surface area contributed by atoms with Crippen molar-refractivity contribution >= 4 is 0 Å². The first-order valence-corrected chi connectivity index (χ1v) is 6.42. The fraction of sp³-hybridized carbons (Fsp3) is 0.571. The quantitative estimate of drug-likeness (QED) is 0.747. The number of phenolic OH excluding ortho intramolecular Hbond substituents is 1. The molecular weight excluding hydrogens is 214 g/mol. The number of phenols is 1. The maximum Gasteiger partial charge on any atom is 0.115 e. The zero-order chi connectivity index (χ0) is 12.1.